The van der Waals surface area contributed by atoms with Crippen LogP contribution in [0, 0.1) is 11.5 Å². The maximum Gasteiger partial charge on any atom is 0.236 e. The molecule has 0 bridgehead atoms. The van der Waals surface area contributed by atoms with Gasteiger partial charge in [-0.05, 0) is 17.7 Å². The van der Waals surface area contributed by atoms with Gasteiger partial charge in [-0.1, -0.05) is 6.07 Å². The summed E-state index contributed by atoms with van der Waals surface area (Å²) in [5.74, 6) is 0.295. The number of rotatable bonds is 2. The van der Waals surface area contributed by atoms with Gasteiger partial charge in [0, 0.05) is 18.0 Å². The van der Waals surface area contributed by atoms with Gasteiger partial charge in [0.25, 0.3) is 0 Å². The van der Waals surface area contributed by atoms with E-state index in [-0.39, 0.29) is 0 Å². The van der Waals surface area contributed by atoms with Crippen molar-refractivity contribution in [2.24, 2.45) is 0 Å². The van der Waals surface area contributed by atoms with Crippen LogP contribution in [0.5, 0.6) is 0 Å². The first-order valence-electron chi connectivity index (χ1n) is 5.27. The summed E-state index contributed by atoms with van der Waals surface area (Å²) in [6.07, 6.45) is 6.77. The highest BCUT2D eigenvalue weighted by atomic mass is 15.1. The molecule has 0 saturated heterocycles. The van der Waals surface area contributed by atoms with Gasteiger partial charge in [0.15, 0.2) is 6.19 Å². The van der Waals surface area contributed by atoms with Gasteiger partial charge >= 0.3 is 0 Å². The van der Waals surface area contributed by atoms with Crippen LogP contribution in [0.1, 0.15) is 0 Å². The van der Waals surface area contributed by atoms with Gasteiger partial charge < -0.3 is 4.98 Å². The minimum absolute atomic E-state index is 0.295. The van der Waals surface area contributed by atoms with Gasteiger partial charge in [0.1, 0.15) is 0 Å². The molecular weight excluding hydrogens is 228 g/mol. The van der Waals surface area contributed by atoms with Gasteiger partial charge in [-0.25, -0.2) is 15.0 Å². The fourth-order valence-electron chi connectivity index (χ4n) is 1.71. The van der Waals surface area contributed by atoms with Crippen LogP contribution < -0.4 is 5.32 Å². The zero-order valence-electron chi connectivity index (χ0n) is 9.25. The maximum absolute atomic E-state index is 8.45. The Kier molecular flexibility index (Phi) is 2.35. The molecular formula is C12H8N6. The number of hydrogen-bond acceptors (Lipinski definition) is 5. The molecule has 6 nitrogen and oxygen atoms in total. The highest BCUT2D eigenvalue weighted by Crippen LogP contribution is 2.21. The Morgan fingerprint density at radius 2 is 1.94 bits per heavy atom. The van der Waals surface area contributed by atoms with E-state index in [0.29, 0.717) is 5.95 Å². The summed E-state index contributed by atoms with van der Waals surface area (Å²) in [4.78, 5) is 15.3. The highest BCUT2D eigenvalue weighted by molar-refractivity contribution is 5.81. The smallest absolute Gasteiger partial charge is 0.236 e. The number of nitrogens with one attached hydrogen (secondary N) is 2. The molecule has 2 N–H and O–H groups in total. The molecule has 0 atom stereocenters. The van der Waals surface area contributed by atoms with Gasteiger partial charge in [0.05, 0.1) is 17.4 Å². The van der Waals surface area contributed by atoms with Crippen molar-refractivity contribution in [3.63, 3.8) is 0 Å². The molecule has 3 aromatic rings. The van der Waals surface area contributed by atoms with Crippen LogP contribution in [0.4, 0.5) is 5.95 Å². The van der Waals surface area contributed by atoms with E-state index in [4.69, 9.17) is 5.26 Å². The molecule has 6 heteroatoms. The predicted molar refractivity (Wildman–Crippen MR) is 66.4 cm³/mol. The Morgan fingerprint density at radius 1 is 1.11 bits per heavy atom. The summed E-state index contributed by atoms with van der Waals surface area (Å²) in [5, 5.41) is 10.8. The quantitative estimate of drug-likeness (QED) is 0.524. The molecule has 86 valence electrons. The third kappa shape index (κ3) is 1.74. The van der Waals surface area contributed by atoms with Gasteiger partial charge in [-0.3, -0.25) is 5.32 Å². The number of anilines is 1. The van der Waals surface area contributed by atoms with Crippen molar-refractivity contribution in [2.45, 2.75) is 0 Å². The van der Waals surface area contributed by atoms with Crippen molar-refractivity contribution in [2.75, 3.05) is 5.32 Å². The summed E-state index contributed by atoms with van der Waals surface area (Å²) >= 11 is 0. The third-order valence-corrected chi connectivity index (χ3v) is 2.57. The normalized spacial score (nSPS) is 10.2. The van der Waals surface area contributed by atoms with Gasteiger partial charge in [0.2, 0.25) is 5.95 Å². The third-order valence-electron chi connectivity index (χ3n) is 2.57. The minimum Gasteiger partial charge on any atom is -0.345 e. The molecule has 0 fully saturated rings. The Bertz CT molecular complexity index is 722. The lowest BCUT2D eigenvalue weighted by molar-refractivity contribution is 1.17. The summed E-state index contributed by atoms with van der Waals surface area (Å²) in [6.45, 7) is 0. The number of H-pyrrole nitrogens is 1. The average molecular weight is 236 g/mol. The van der Waals surface area contributed by atoms with E-state index in [9.17, 15) is 0 Å². The zero-order valence-corrected chi connectivity index (χ0v) is 9.25. The second-order valence-electron chi connectivity index (χ2n) is 3.67. The molecule has 0 radical (unpaired) electrons. The maximum atomic E-state index is 8.45. The first kappa shape index (κ1) is 10.2. The Hall–Kier alpha value is -2.94. The van der Waals surface area contributed by atoms with Crippen molar-refractivity contribution in [1.29, 1.82) is 5.26 Å². The number of benzene rings is 1. The van der Waals surface area contributed by atoms with E-state index >= 15 is 0 Å². The lowest BCUT2D eigenvalue weighted by atomic mass is 10.1. The largest absolute Gasteiger partial charge is 0.345 e. The Labute approximate surface area is 102 Å². The molecule has 0 unspecified atom stereocenters. The van der Waals surface area contributed by atoms with Gasteiger partial charge in [-0.15, -0.1) is 0 Å². The number of hydrogen-bond donors (Lipinski definition) is 2. The fourth-order valence-corrected chi connectivity index (χ4v) is 1.71. The van der Waals surface area contributed by atoms with Crippen LogP contribution >= 0.6 is 0 Å². The summed E-state index contributed by atoms with van der Waals surface area (Å²) in [7, 11) is 0. The molecule has 2 aromatic heterocycles. The number of nitrogens with zero attached hydrogens (tertiary/aromatic N) is 4. The number of nitriles is 1. The summed E-state index contributed by atoms with van der Waals surface area (Å²) in [6, 6.07) is 5.88. The van der Waals surface area contributed by atoms with Crippen molar-refractivity contribution < 1.29 is 0 Å². The first-order chi connectivity index (χ1) is 8.86. The Balaban J connectivity index is 2.00. The molecule has 18 heavy (non-hydrogen) atoms. The average Bonchev–Trinajstić information content (AvgIpc) is 2.87. The van der Waals surface area contributed by atoms with E-state index < -0.39 is 0 Å². The molecule has 0 saturated carbocycles. The van der Waals surface area contributed by atoms with Gasteiger partial charge in [-0.2, -0.15) is 5.26 Å². The van der Waals surface area contributed by atoms with Crippen LogP contribution in [-0.4, -0.2) is 19.9 Å². The second kappa shape index (κ2) is 4.14. The SMILES string of the molecule is N#CNc1ncc(-c2ccc3nc[nH]c3c2)cn1. The molecule has 0 aliphatic rings. The van der Waals surface area contributed by atoms with Crippen LogP contribution in [0.25, 0.3) is 22.2 Å². The standard InChI is InChI=1S/C12H8N6/c13-6-16-12-14-4-9(5-15-12)8-1-2-10-11(3-8)18-7-17-10/h1-5,7H,(H,17,18)(H,14,15,16). The fraction of sp³-hybridized carbons (Fsp3) is 0. The molecule has 0 amide bonds. The number of aromatic nitrogens is 4. The highest BCUT2D eigenvalue weighted by Gasteiger charge is 2.02. The summed E-state index contributed by atoms with van der Waals surface area (Å²) in [5.41, 5.74) is 3.76. The Morgan fingerprint density at radius 3 is 2.72 bits per heavy atom. The van der Waals surface area contributed by atoms with E-state index in [1.54, 1.807) is 24.9 Å². The summed E-state index contributed by atoms with van der Waals surface area (Å²) < 4.78 is 0. The van der Waals surface area contributed by atoms with Crippen molar-refractivity contribution >= 4 is 17.0 Å². The zero-order chi connectivity index (χ0) is 12.4. The number of fused-ring (bicyclic) bond motifs is 1. The van der Waals surface area contributed by atoms with Crippen LogP contribution in [0.2, 0.25) is 0 Å². The first-order valence-corrected chi connectivity index (χ1v) is 5.27. The minimum atomic E-state index is 0.295. The second-order valence-corrected chi connectivity index (χ2v) is 3.67. The van der Waals surface area contributed by atoms with Crippen LogP contribution in [0.3, 0.4) is 0 Å². The van der Waals surface area contributed by atoms with E-state index in [2.05, 4.69) is 25.3 Å². The van der Waals surface area contributed by atoms with E-state index in [0.717, 1.165) is 22.2 Å². The van der Waals surface area contributed by atoms with E-state index in [1.807, 2.05) is 18.2 Å². The predicted octanol–water partition coefficient (Wildman–Crippen LogP) is 1.91. The van der Waals surface area contributed by atoms with Crippen molar-refractivity contribution in [3.8, 4) is 17.3 Å². The molecule has 3 rings (SSSR count). The molecule has 0 spiro atoms. The number of aromatic amines is 1. The molecule has 2 heterocycles. The molecule has 0 aliphatic carbocycles. The molecule has 1 aromatic carbocycles. The monoisotopic (exact) mass is 236 g/mol. The lowest BCUT2D eigenvalue weighted by Crippen LogP contribution is -1.94. The van der Waals surface area contributed by atoms with Crippen molar-refractivity contribution in [3.05, 3.63) is 36.9 Å². The van der Waals surface area contributed by atoms with Crippen LogP contribution in [0.15, 0.2) is 36.9 Å². The van der Waals surface area contributed by atoms with Crippen molar-refractivity contribution in [1.82, 2.24) is 19.9 Å². The molecule has 0 aliphatic heterocycles. The number of imidazole rings is 1. The topological polar surface area (TPSA) is 90.3 Å². The lowest BCUT2D eigenvalue weighted by Gasteiger charge is -2.01. The van der Waals surface area contributed by atoms with E-state index in [1.165, 1.54) is 0 Å². The van der Waals surface area contributed by atoms with Crippen LogP contribution in [-0.2, 0) is 0 Å².